The number of carbonyl (C=O) groups is 2. The van der Waals surface area contributed by atoms with Crippen LogP contribution in [0.15, 0.2) is 11.8 Å². The van der Waals surface area contributed by atoms with Crippen LogP contribution < -0.4 is 16.0 Å². The Bertz CT molecular complexity index is 1090. The highest BCUT2D eigenvalue weighted by Gasteiger charge is 2.38. The van der Waals surface area contributed by atoms with Crippen molar-refractivity contribution in [2.75, 3.05) is 46.0 Å². The van der Waals surface area contributed by atoms with E-state index >= 15 is 0 Å². The van der Waals surface area contributed by atoms with Crippen LogP contribution in [-0.4, -0.2) is 104 Å². The van der Waals surface area contributed by atoms with Crippen LogP contribution in [0.25, 0.3) is 0 Å². The second kappa shape index (κ2) is 17.3. The van der Waals surface area contributed by atoms with Crippen LogP contribution in [0.3, 0.4) is 0 Å². The number of nitrogens with one attached hydrogen (secondary N) is 3. The fourth-order valence-electron chi connectivity index (χ4n) is 7.46. The first-order valence-corrected chi connectivity index (χ1v) is 19.1. The number of ether oxygens (including phenoxy) is 1. The lowest BCUT2D eigenvalue weighted by atomic mass is 9.80. The van der Waals surface area contributed by atoms with Crippen molar-refractivity contribution < 1.29 is 27.9 Å². The van der Waals surface area contributed by atoms with E-state index in [1.54, 1.807) is 9.21 Å². The fourth-order valence-corrected chi connectivity index (χ4v) is 9.81. The Kier molecular flexibility index (Phi) is 13.8. The molecule has 258 valence electrons. The highest BCUT2D eigenvalue weighted by atomic mass is 32.2. The highest BCUT2D eigenvalue weighted by molar-refractivity contribution is 7.89. The van der Waals surface area contributed by atoms with Crippen molar-refractivity contribution in [2.24, 2.45) is 17.8 Å². The average Bonchev–Trinajstić information content (AvgIpc) is 3.44. The minimum Gasteiger partial charge on any atom is -0.395 e. The van der Waals surface area contributed by atoms with Gasteiger partial charge in [-0.3, -0.25) is 4.79 Å². The van der Waals surface area contributed by atoms with Crippen LogP contribution in [0.1, 0.15) is 97.8 Å². The average molecular weight is 654 g/mol. The van der Waals surface area contributed by atoms with Gasteiger partial charge in [0.15, 0.2) is 0 Å². The second-order valence-electron chi connectivity index (χ2n) is 14.2. The zero-order valence-corrected chi connectivity index (χ0v) is 28.7. The topological polar surface area (TPSA) is 140 Å². The van der Waals surface area contributed by atoms with E-state index in [9.17, 15) is 23.1 Å². The van der Waals surface area contributed by atoms with Crippen LogP contribution in [0.5, 0.6) is 0 Å². The van der Waals surface area contributed by atoms with Gasteiger partial charge in [0.1, 0.15) is 6.04 Å². The monoisotopic (exact) mass is 653 g/mol. The number of aliphatic hydroxyl groups excluding tert-OH is 1. The van der Waals surface area contributed by atoms with E-state index in [0.29, 0.717) is 95.8 Å². The maximum atomic E-state index is 13.7. The molecule has 0 aromatic heterocycles. The molecule has 2 unspecified atom stereocenters. The summed E-state index contributed by atoms with van der Waals surface area (Å²) in [5, 5.41) is 19.5. The number of rotatable bonds is 15. The number of fused-ring (bicyclic) bond motifs is 1. The molecule has 3 amide bonds. The third-order valence-electron chi connectivity index (χ3n) is 10.2. The molecule has 12 heteroatoms. The van der Waals surface area contributed by atoms with Gasteiger partial charge in [0.25, 0.3) is 0 Å². The molecule has 45 heavy (non-hydrogen) atoms. The van der Waals surface area contributed by atoms with Crippen molar-refractivity contribution in [1.29, 1.82) is 0 Å². The van der Waals surface area contributed by atoms with Gasteiger partial charge in [-0.25, -0.2) is 13.2 Å². The number of morpholine rings is 1. The van der Waals surface area contributed by atoms with Crippen molar-refractivity contribution in [3.05, 3.63) is 11.8 Å². The van der Waals surface area contributed by atoms with Crippen LogP contribution in [0.4, 0.5) is 4.79 Å². The molecule has 4 rings (SSSR count). The number of urea groups is 1. The van der Waals surface area contributed by atoms with Crippen LogP contribution in [-0.2, 0) is 19.6 Å². The van der Waals surface area contributed by atoms with Gasteiger partial charge in [-0.2, -0.15) is 4.31 Å². The smallest absolute Gasteiger partial charge is 0.318 e. The molecule has 0 radical (unpaired) electrons. The Balaban J connectivity index is 1.31. The van der Waals surface area contributed by atoms with E-state index < -0.39 is 22.1 Å². The van der Waals surface area contributed by atoms with E-state index in [1.807, 2.05) is 13.8 Å². The molecule has 2 aliphatic heterocycles. The highest BCUT2D eigenvalue weighted by Crippen LogP contribution is 2.36. The van der Waals surface area contributed by atoms with Crippen molar-refractivity contribution in [3.63, 3.8) is 0 Å². The lowest BCUT2D eigenvalue weighted by Crippen LogP contribution is -2.53. The summed E-state index contributed by atoms with van der Waals surface area (Å²) >= 11 is 0. The van der Waals surface area contributed by atoms with Gasteiger partial charge < -0.3 is 30.7 Å². The van der Waals surface area contributed by atoms with Gasteiger partial charge in [-0.15, -0.1) is 0 Å². The maximum absolute atomic E-state index is 13.7. The molecule has 4 aliphatic rings. The number of hydrogen-bond donors (Lipinski definition) is 4. The van der Waals surface area contributed by atoms with Crippen molar-refractivity contribution in [3.8, 4) is 0 Å². The fraction of sp³-hybridized carbons (Fsp3) is 0.879. The molecule has 0 spiro atoms. The Morgan fingerprint density at radius 1 is 1.09 bits per heavy atom. The number of nitrogens with zero attached hydrogens (tertiary/aromatic N) is 2. The molecule has 0 bridgehead atoms. The minimum absolute atomic E-state index is 0.148. The zero-order chi connectivity index (χ0) is 32.4. The SMILES string of the molecule is CC(C)CN([C@H](CO)CCCCNC(=O)[C@H](CC1=CNC2CCCCC12)NC(=O)N1CCOCC1)S(=O)(=O)C1CCC(C)CC1. The van der Waals surface area contributed by atoms with Gasteiger partial charge in [0.05, 0.1) is 25.1 Å². The van der Waals surface area contributed by atoms with Crippen LogP contribution in [0.2, 0.25) is 0 Å². The van der Waals surface area contributed by atoms with E-state index in [2.05, 4.69) is 29.1 Å². The van der Waals surface area contributed by atoms with E-state index in [0.717, 1.165) is 25.7 Å². The molecule has 2 saturated carbocycles. The normalized spacial score (nSPS) is 27.0. The van der Waals surface area contributed by atoms with Crippen molar-refractivity contribution in [1.82, 2.24) is 25.2 Å². The Hall–Kier alpha value is -1.89. The third-order valence-corrected chi connectivity index (χ3v) is 12.6. The number of carbonyl (C=O) groups excluding carboxylic acids is 2. The molecule has 4 atom stereocenters. The first-order valence-electron chi connectivity index (χ1n) is 17.6. The van der Waals surface area contributed by atoms with Gasteiger partial charge in [-0.1, -0.05) is 40.0 Å². The largest absolute Gasteiger partial charge is 0.395 e. The molecular weight excluding hydrogens is 594 g/mol. The van der Waals surface area contributed by atoms with Crippen molar-refractivity contribution in [2.45, 2.75) is 121 Å². The molecule has 4 N–H and O–H groups in total. The molecule has 0 aromatic rings. The van der Waals surface area contributed by atoms with Gasteiger partial charge >= 0.3 is 6.03 Å². The standard InChI is InChI=1S/C33H59N5O6S/c1-24(2)22-38(45(42,43)28-13-11-25(3)12-14-28)27(23-39)8-6-7-15-34-32(40)31(36-33(41)37-16-18-44-19-17-37)20-26-21-35-30-10-5-4-9-29(26)30/h21,24-25,27-31,35,39H,4-20,22-23H2,1-3H3,(H,34,40)(H,36,41)/t25?,27-,28?,29?,30?,31-/m0/s1. The number of amides is 3. The van der Waals surface area contributed by atoms with Gasteiger partial charge in [-0.05, 0) is 81.4 Å². The molecule has 3 fully saturated rings. The maximum Gasteiger partial charge on any atom is 0.318 e. The first kappa shape index (κ1) is 36.0. The van der Waals surface area contributed by atoms with E-state index in [-0.39, 0.29) is 29.7 Å². The Labute approximate surface area is 271 Å². The third kappa shape index (κ3) is 10.0. The molecular formula is C33H59N5O6S. The summed E-state index contributed by atoms with van der Waals surface area (Å²) < 4.78 is 34.4. The predicted octanol–water partition coefficient (Wildman–Crippen LogP) is 3.35. The summed E-state index contributed by atoms with van der Waals surface area (Å²) in [6, 6.07) is -0.968. The molecule has 2 aliphatic carbocycles. The van der Waals surface area contributed by atoms with E-state index in [1.165, 1.54) is 18.4 Å². The summed E-state index contributed by atoms with van der Waals surface area (Å²) in [5.41, 5.74) is 1.20. The van der Waals surface area contributed by atoms with Crippen LogP contribution >= 0.6 is 0 Å². The zero-order valence-electron chi connectivity index (χ0n) is 27.8. The Morgan fingerprint density at radius 2 is 1.80 bits per heavy atom. The molecule has 2 heterocycles. The molecule has 0 aromatic carbocycles. The second-order valence-corrected chi connectivity index (χ2v) is 16.4. The predicted molar refractivity (Wildman–Crippen MR) is 176 cm³/mol. The Morgan fingerprint density at radius 3 is 2.49 bits per heavy atom. The van der Waals surface area contributed by atoms with Crippen molar-refractivity contribution >= 4 is 22.0 Å². The first-order chi connectivity index (χ1) is 21.6. The summed E-state index contributed by atoms with van der Waals surface area (Å²) in [7, 11) is -3.52. The van der Waals surface area contributed by atoms with Crippen LogP contribution in [0, 0.1) is 17.8 Å². The summed E-state index contributed by atoms with van der Waals surface area (Å²) in [6.07, 6.45) is 12.2. The van der Waals surface area contributed by atoms with Gasteiger partial charge in [0.2, 0.25) is 15.9 Å². The number of unbranched alkanes of at least 4 members (excludes halogenated alkanes) is 1. The van der Waals surface area contributed by atoms with Gasteiger partial charge in [0, 0.05) is 44.2 Å². The lowest BCUT2D eigenvalue weighted by molar-refractivity contribution is -0.123. The summed E-state index contributed by atoms with van der Waals surface area (Å²) in [4.78, 5) is 28.3. The lowest BCUT2D eigenvalue weighted by Gasteiger charge is -2.36. The summed E-state index contributed by atoms with van der Waals surface area (Å²) in [6.45, 7) is 8.79. The number of aliphatic hydroxyl groups is 1. The number of sulfonamides is 1. The minimum atomic E-state index is -3.52. The summed E-state index contributed by atoms with van der Waals surface area (Å²) in [5.74, 6) is 0.911. The van der Waals surface area contributed by atoms with E-state index in [4.69, 9.17) is 4.74 Å². The molecule has 11 nitrogen and oxygen atoms in total. The quantitative estimate of drug-likeness (QED) is 0.199. The number of hydrogen-bond acceptors (Lipinski definition) is 7. The molecule has 1 saturated heterocycles.